The third-order valence-corrected chi connectivity index (χ3v) is 4.76. The van der Waals surface area contributed by atoms with E-state index in [2.05, 4.69) is 9.72 Å². The first kappa shape index (κ1) is 20.4. The summed E-state index contributed by atoms with van der Waals surface area (Å²) in [5.74, 6) is -0.182. The first-order chi connectivity index (χ1) is 13.9. The van der Waals surface area contributed by atoms with Gasteiger partial charge in [-0.3, -0.25) is 0 Å². The highest BCUT2D eigenvalue weighted by molar-refractivity contribution is 5.89. The number of carbonyl (C=O) groups excluding carboxylic acids is 1. The Morgan fingerprint density at radius 2 is 2.07 bits per heavy atom. The van der Waals surface area contributed by atoms with Crippen molar-refractivity contribution in [1.82, 2.24) is 9.88 Å². The number of aromatic nitrogens is 1. The molecule has 154 valence electrons. The fraction of sp³-hybridized carbons (Fsp3) is 0.350. The molecule has 9 heteroatoms. The summed E-state index contributed by atoms with van der Waals surface area (Å²) in [6.45, 7) is 3.23. The van der Waals surface area contributed by atoms with Crippen molar-refractivity contribution in [2.24, 2.45) is 0 Å². The minimum atomic E-state index is -0.928. The second-order valence-corrected chi connectivity index (χ2v) is 6.69. The van der Waals surface area contributed by atoms with E-state index in [-0.39, 0.29) is 23.8 Å². The smallest absolute Gasteiger partial charge is 0.407 e. The molecule has 29 heavy (non-hydrogen) atoms. The van der Waals surface area contributed by atoms with Crippen LogP contribution in [0.25, 0.3) is 0 Å². The van der Waals surface area contributed by atoms with E-state index in [0.29, 0.717) is 31.3 Å². The molecule has 0 radical (unpaired) electrons. The van der Waals surface area contributed by atoms with Crippen molar-refractivity contribution in [2.45, 2.75) is 19.6 Å². The molecule has 1 amide bonds. The lowest BCUT2D eigenvalue weighted by atomic mass is 10.1. The number of anilines is 1. The molecule has 1 saturated heterocycles. The molecule has 2 aromatic rings. The number of amides is 1. The highest BCUT2D eigenvalue weighted by atomic mass is 19.1. The molecule has 1 N–H and O–H groups in total. The highest BCUT2D eigenvalue weighted by Crippen LogP contribution is 2.21. The summed E-state index contributed by atoms with van der Waals surface area (Å²) >= 11 is 0. The number of piperazine rings is 1. The van der Waals surface area contributed by atoms with Gasteiger partial charge in [0.2, 0.25) is 5.88 Å². The Labute approximate surface area is 167 Å². The maximum Gasteiger partial charge on any atom is 0.407 e. The van der Waals surface area contributed by atoms with Gasteiger partial charge in [-0.05, 0) is 25.1 Å². The zero-order valence-corrected chi connectivity index (χ0v) is 16.2. The van der Waals surface area contributed by atoms with E-state index in [1.165, 1.54) is 24.1 Å². The maximum atomic E-state index is 14.2. The first-order valence-electron chi connectivity index (χ1n) is 9.10. The van der Waals surface area contributed by atoms with Crippen LogP contribution in [0.2, 0.25) is 0 Å². The maximum absolute atomic E-state index is 14.2. The van der Waals surface area contributed by atoms with Crippen molar-refractivity contribution in [3.05, 3.63) is 53.3 Å². The van der Waals surface area contributed by atoms with Crippen LogP contribution < -0.4 is 9.64 Å². The lowest BCUT2D eigenvalue weighted by molar-refractivity contribution is 0.0600. The number of esters is 1. The molecule has 1 atom stereocenters. The van der Waals surface area contributed by atoms with Crippen LogP contribution in [-0.4, -0.2) is 59.8 Å². The Morgan fingerprint density at radius 3 is 2.72 bits per heavy atom. The van der Waals surface area contributed by atoms with E-state index in [1.54, 1.807) is 12.1 Å². The van der Waals surface area contributed by atoms with E-state index < -0.39 is 17.9 Å². The topological polar surface area (TPSA) is 92.2 Å². The molecule has 1 aliphatic heterocycles. The molecular weight excluding hydrogens is 381 g/mol. The summed E-state index contributed by atoms with van der Waals surface area (Å²) in [7, 11) is 1.23. The van der Waals surface area contributed by atoms with Crippen molar-refractivity contribution in [3.8, 4) is 5.88 Å². The van der Waals surface area contributed by atoms with E-state index >= 15 is 0 Å². The quantitative estimate of drug-likeness (QED) is 0.768. The molecule has 3 rings (SSSR count). The standard InChI is InChI=1S/C20H22FN3O5/c1-13-11-23(8-9-24(13)20(26)27)17-4-3-5-18(22-17)29-12-15-7-6-14(10-16(15)21)19(25)28-2/h3-7,10,13H,8-9,11-12H2,1-2H3,(H,26,27)/t13-/m0/s1. The van der Waals surface area contributed by atoms with Gasteiger partial charge in [-0.25, -0.2) is 14.0 Å². The Morgan fingerprint density at radius 1 is 1.28 bits per heavy atom. The van der Waals surface area contributed by atoms with Crippen molar-refractivity contribution in [3.63, 3.8) is 0 Å². The number of hydrogen-bond donors (Lipinski definition) is 1. The van der Waals surface area contributed by atoms with Crippen LogP contribution in [0, 0.1) is 5.82 Å². The fourth-order valence-electron chi connectivity index (χ4n) is 3.17. The van der Waals surface area contributed by atoms with Crippen molar-refractivity contribution < 1.29 is 28.6 Å². The van der Waals surface area contributed by atoms with Gasteiger partial charge < -0.3 is 24.4 Å². The molecule has 1 aromatic carbocycles. The molecule has 0 spiro atoms. The molecule has 0 saturated carbocycles. The number of halogens is 1. The number of benzene rings is 1. The van der Waals surface area contributed by atoms with Crippen LogP contribution in [-0.2, 0) is 11.3 Å². The van der Waals surface area contributed by atoms with Gasteiger partial charge in [0.15, 0.2) is 0 Å². The molecular formula is C20H22FN3O5. The number of carbonyl (C=O) groups is 2. The molecule has 2 heterocycles. The molecule has 8 nitrogen and oxygen atoms in total. The second kappa shape index (κ2) is 8.76. The summed E-state index contributed by atoms with van der Waals surface area (Å²) in [5.41, 5.74) is 0.414. The molecule has 0 unspecified atom stereocenters. The third kappa shape index (κ3) is 4.74. The average molecular weight is 403 g/mol. The van der Waals surface area contributed by atoms with Crippen LogP contribution in [0.3, 0.4) is 0 Å². The van der Waals surface area contributed by atoms with Crippen molar-refractivity contribution in [2.75, 3.05) is 31.6 Å². The van der Waals surface area contributed by atoms with Gasteiger partial charge in [-0.1, -0.05) is 12.1 Å². The van der Waals surface area contributed by atoms with Gasteiger partial charge in [0.1, 0.15) is 18.2 Å². The normalized spacial score (nSPS) is 16.4. The van der Waals surface area contributed by atoms with Crippen molar-refractivity contribution in [1.29, 1.82) is 0 Å². The molecule has 1 fully saturated rings. The van der Waals surface area contributed by atoms with Crippen LogP contribution in [0.5, 0.6) is 5.88 Å². The Kier molecular flexibility index (Phi) is 6.16. The van der Waals surface area contributed by atoms with Gasteiger partial charge in [0.05, 0.1) is 12.7 Å². The van der Waals surface area contributed by atoms with E-state index in [4.69, 9.17) is 4.74 Å². The zero-order chi connectivity index (χ0) is 21.0. The molecule has 1 aliphatic rings. The van der Waals surface area contributed by atoms with Gasteiger partial charge in [0, 0.05) is 37.3 Å². The highest BCUT2D eigenvalue weighted by Gasteiger charge is 2.27. The average Bonchev–Trinajstić information content (AvgIpc) is 2.72. The third-order valence-electron chi connectivity index (χ3n) is 4.76. The van der Waals surface area contributed by atoms with Gasteiger partial charge in [0.25, 0.3) is 0 Å². The summed E-state index contributed by atoms with van der Waals surface area (Å²) in [4.78, 5) is 30.5. The Hall–Kier alpha value is -3.36. The lowest BCUT2D eigenvalue weighted by Crippen LogP contribution is -2.53. The second-order valence-electron chi connectivity index (χ2n) is 6.69. The van der Waals surface area contributed by atoms with E-state index in [0.717, 1.165) is 6.07 Å². The van der Waals surface area contributed by atoms with E-state index in [1.807, 2.05) is 17.9 Å². The van der Waals surface area contributed by atoms with Crippen LogP contribution >= 0.6 is 0 Å². The summed E-state index contributed by atoms with van der Waals surface area (Å²) < 4.78 is 24.4. The van der Waals surface area contributed by atoms with Gasteiger partial charge in [-0.2, -0.15) is 4.98 Å². The molecule has 0 bridgehead atoms. The summed E-state index contributed by atoms with van der Waals surface area (Å²) in [6.07, 6.45) is -0.928. The van der Waals surface area contributed by atoms with Gasteiger partial charge in [-0.15, -0.1) is 0 Å². The minimum Gasteiger partial charge on any atom is -0.473 e. The number of rotatable bonds is 5. The fourth-order valence-corrected chi connectivity index (χ4v) is 3.17. The number of nitrogens with zero attached hydrogens (tertiary/aromatic N) is 3. The van der Waals surface area contributed by atoms with Crippen LogP contribution in [0.1, 0.15) is 22.8 Å². The first-order valence-corrected chi connectivity index (χ1v) is 9.10. The lowest BCUT2D eigenvalue weighted by Gasteiger charge is -2.38. The predicted octanol–water partition coefficient (Wildman–Crippen LogP) is 2.77. The van der Waals surface area contributed by atoms with Gasteiger partial charge >= 0.3 is 12.1 Å². The predicted molar refractivity (Wildman–Crippen MR) is 103 cm³/mol. The SMILES string of the molecule is COC(=O)c1ccc(COc2cccc(N3CCN(C(=O)O)[C@@H](C)C3)n2)c(F)c1. The number of hydrogen-bond acceptors (Lipinski definition) is 6. The van der Waals surface area contributed by atoms with E-state index in [9.17, 15) is 19.1 Å². The number of carboxylic acid groups (broad SMARTS) is 1. The van der Waals surface area contributed by atoms with Crippen molar-refractivity contribution >= 4 is 17.9 Å². The Balaban J connectivity index is 1.65. The summed E-state index contributed by atoms with van der Waals surface area (Å²) in [5, 5.41) is 9.19. The Bertz CT molecular complexity index is 907. The summed E-state index contributed by atoms with van der Waals surface area (Å²) in [6, 6.07) is 9.16. The number of pyridine rings is 1. The molecule has 0 aliphatic carbocycles. The minimum absolute atomic E-state index is 0.0487. The van der Waals surface area contributed by atoms with Crippen LogP contribution in [0.15, 0.2) is 36.4 Å². The monoisotopic (exact) mass is 403 g/mol. The molecule has 1 aromatic heterocycles. The van der Waals surface area contributed by atoms with Crippen LogP contribution in [0.4, 0.5) is 15.0 Å². The zero-order valence-electron chi connectivity index (χ0n) is 16.2. The number of methoxy groups -OCH3 is 1. The number of ether oxygens (including phenoxy) is 2. The largest absolute Gasteiger partial charge is 0.473 e.